The van der Waals surface area contributed by atoms with Gasteiger partial charge in [-0.3, -0.25) is 4.79 Å². The molecule has 2 N–H and O–H groups in total. The summed E-state index contributed by atoms with van der Waals surface area (Å²) in [4.78, 5) is 34.4. The summed E-state index contributed by atoms with van der Waals surface area (Å²) >= 11 is 0. The maximum Gasteiger partial charge on any atom is 0.409 e. The number of ether oxygens (including phenoxy) is 2. The van der Waals surface area contributed by atoms with E-state index in [2.05, 4.69) is 20.6 Å². The van der Waals surface area contributed by atoms with E-state index in [9.17, 15) is 9.59 Å². The minimum absolute atomic E-state index is 0.00773. The monoisotopic (exact) mass is 365 g/mol. The second-order valence-electron chi connectivity index (χ2n) is 6.04. The maximum atomic E-state index is 12.5. The van der Waals surface area contributed by atoms with Gasteiger partial charge in [-0.25, -0.2) is 14.8 Å². The summed E-state index contributed by atoms with van der Waals surface area (Å²) in [6.07, 6.45) is 1.08. The summed E-state index contributed by atoms with van der Waals surface area (Å²) < 4.78 is 9.99. The van der Waals surface area contributed by atoms with Crippen LogP contribution in [-0.2, 0) is 9.47 Å². The van der Waals surface area contributed by atoms with Crippen LogP contribution in [0.15, 0.2) is 6.07 Å². The molecule has 0 aliphatic carbocycles. The Bertz CT molecular complexity index is 617. The highest BCUT2D eigenvalue weighted by Crippen LogP contribution is 2.13. The topological polar surface area (TPSA) is 106 Å². The molecule has 1 aliphatic heterocycles. The van der Waals surface area contributed by atoms with Crippen molar-refractivity contribution >= 4 is 17.8 Å². The smallest absolute Gasteiger partial charge is 0.409 e. The fourth-order valence-corrected chi connectivity index (χ4v) is 2.74. The Hall–Kier alpha value is -2.42. The molecule has 26 heavy (non-hydrogen) atoms. The Labute approximate surface area is 153 Å². The van der Waals surface area contributed by atoms with Gasteiger partial charge in [-0.2, -0.15) is 0 Å². The molecule has 2 rings (SSSR count). The van der Waals surface area contributed by atoms with Gasteiger partial charge in [-0.15, -0.1) is 0 Å². The summed E-state index contributed by atoms with van der Waals surface area (Å²) in [5.74, 6) is 0.881. The van der Waals surface area contributed by atoms with Crippen LogP contribution in [0.25, 0.3) is 0 Å². The molecule has 0 radical (unpaired) electrons. The standard InChI is InChI=1S/C17H27N5O4/c1-4-26-17(24)22-8-5-13(6-9-22)21-16(23)14-11-15(18-7-10-25-3)20-12(2)19-14/h11,13H,4-10H2,1-3H3,(H,21,23)(H,18,19,20). The van der Waals surface area contributed by atoms with Gasteiger partial charge in [0.1, 0.15) is 17.3 Å². The fraction of sp³-hybridized carbons (Fsp3) is 0.647. The maximum absolute atomic E-state index is 12.5. The first kappa shape index (κ1) is 19.9. The molecule has 1 fully saturated rings. The molecule has 1 aromatic rings. The van der Waals surface area contributed by atoms with Crippen LogP contribution < -0.4 is 10.6 Å². The third kappa shape index (κ3) is 5.83. The zero-order valence-corrected chi connectivity index (χ0v) is 15.6. The lowest BCUT2D eigenvalue weighted by Crippen LogP contribution is -2.46. The van der Waals surface area contributed by atoms with Crippen LogP contribution in [0.2, 0.25) is 0 Å². The second-order valence-corrected chi connectivity index (χ2v) is 6.04. The van der Waals surface area contributed by atoms with Crippen molar-refractivity contribution in [2.24, 2.45) is 0 Å². The molecule has 0 bridgehead atoms. The van der Waals surface area contributed by atoms with Crippen LogP contribution in [-0.4, -0.2) is 72.9 Å². The summed E-state index contributed by atoms with van der Waals surface area (Å²) in [5, 5.41) is 6.09. The van der Waals surface area contributed by atoms with Gasteiger partial charge in [0.05, 0.1) is 13.2 Å². The molecule has 0 saturated carbocycles. The van der Waals surface area contributed by atoms with Gasteiger partial charge in [-0.05, 0) is 26.7 Å². The molecule has 1 saturated heterocycles. The molecule has 9 heteroatoms. The highest BCUT2D eigenvalue weighted by molar-refractivity contribution is 5.93. The van der Waals surface area contributed by atoms with Gasteiger partial charge < -0.3 is 25.0 Å². The van der Waals surface area contributed by atoms with Crippen LogP contribution in [0.5, 0.6) is 0 Å². The van der Waals surface area contributed by atoms with E-state index in [0.717, 1.165) is 0 Å². The minimum Gasteiger partial charge on any atom is -0.450 e. The molecule has 0 aromatic carbocycles. The number of hydrogen-bond donors (Lipinski definition) is 2. The van der Waals surface area contributed by atoms with Gasteiger partial charge in [0.2, 0.25) is 0 Å². The first-order chi connectivity index (χ1) is 12.5. The molecule has 0 unspecified atom stereocenters. The SMILES string of the molecule is CCOC(=O)N1CCC(NC(=O)c2cc(NCCOC)nc(C)n2)CC1. The largest absolute Gasteiger partial charge is 0.450 e. The molecule has 0 atom stereocenters. The Balaban J connectivity index is 1.89. The first-order valence-electron chi connectivity index (χ1n) is 8.84. The van der Waals surface area contributed by atoms with Gasteiger partial charge in [-0.1, -0.05) is 0 Å². The number of nitrogens with one attached hydrogen (secondary N) is 2. The van der Waals surface area contributed by atoms with E-state index in [-0.39, 0.29) is 18.0 Å². The molecule has 1 aliphatic rings. The number of anilines is 1. The molecule has 2 heterocycles. The molecule has 2 amide bonds. The first-order valence-corrected chi connectivity index (χ1v) is 8.84. The Morgan fingerprint density at radius 3 is 2.69 bits per heavy atom. The predicted molar refractivity (Wildman–Crippen MR) is 96.2 cm³/mol. The number of amides is 2. The number of aryl methyl sites for hydroxylation is 1. The third-order valence-electron chi connectivity index (χ3n) is 4.04. The van der Waals surface area contributed by atoms with E-state index >= 15 is 0 Å². The van der Waals surface area contributed by atoms with E-state index in [4.69, 9.17) is 9.47 Å². The lowest BCUT2D eigenvalue weighted by atomic mass is 10.1. The minimum atomic E-state index is -0.296. The van der Waals surface area contributed by atoms with E-state index in [1.165, 1.54) is 0 Å². The fourth-order valence-electron chi connectivity index (χ4n) is 2.74. The van der Waals surface area contributed by atoms with Gasteiger partial charge in [0.15, 0.2) is 0 Å². The molecule has 9 nitrogen and oxygen atoms in total. The number of carbonyl (C=O) groups is 2. The van der Waals surface area contributed by atoms with Crippen LogP contribution in [0, 0.1) is 6.92 Å². The summed E-state index contributed by atoms with van der Waals surface area (Å²) in [5.41, 5.74) is 0.324. The number of likely N-dealkylation sites (tertiary alicyclic amines) is 1. The predicted octanol–water partition coefficient (Wildman–Crippen LogP) is 1.19. The zero-order chi connectivity index (χ0) is 18.9. The Morgan fingerprint density at radius 1 is 1.31 bits per heavy atom. The van der Waals surface area contributed by atoms with Gasteiger partial charge >= 0.3 is 6.09 Å². The van der Waals surface area contributed by atoms with Crippen molar-refractivity contribution in [2.45, 2.75) is 32.7 Å². The number of aromatic nitrogens is 2. The van der Waals surface area contributed by atoms with Crippen LogP contribution >= 0.6 is 0 Å². The summed E-state index contributed by atoms with van der Waals surface area (Å²) in [6.45, 7) is 6.17. The highest BCUT2D eigenvalue weighted by Gasteiger charge is 2.25. The number of piperidine rings is 1. The van der Waals surface area contributed by atoms with E-state index < -0.39 is 0 Å². The lowest BCUT2D eigenvalue weighted by molar-refractivity contribution is 0.0856. The summed E-state index contributed by atoms with van der Waals surface area (Å²) in [7, 11) is 1.62. The normalized spacial score (nSPS) is 14.8. The van der Waals surface area contributed by atoms with Crippen LogP contribution in [0.3, 0.4) is 0 Å². The Kier molecular flexibility index (Phi) is 7.58. The van der Waals surface area contributed by atoms with E-state index in [0.29, 0.717) is 63.0 Å². The second kappa shape index (κ2) is 9.91. The van der Waals surface area contributed by atoms with E-state index in [1.807, 2.05) is 0 Å². The zero-order valence-electron chi connectivity index (χ0n) is 15.6. The number of rotatable bonds is 7. The average Bonchev–Trinajstić information content (AvgIpc) is 2.62. The molecule has 0 spiro atoms. The summed E-state index contributed by atoms with van der Waals surface area (Å²) in [6, 6.07) is 1.64. The quantitative estimate of drug-likeness (QED) is 0.699. The van der Waals surface area contributed by atoms with Crippen molar-refractivity contribution in [2.75, 3.05) is 45.3 Å². The molecular formula is C17H27N5O4. The van der Waals surface area contributed by atoms with Crippen LogP contribution in [0.1, 0.15) is 36.1 Å². The number of methoxy groups -OCH3 is 1. The van der Waals surface area contributed by atoms with Crippen LogP contribution in [0.4, 0.5) is 10.6 Å². The van der Waals surface area contributed by atoms with Gasteiger partial charge in [0.25, 0.3) is 5.91 Å². The highest BCUT2D eigenvalue weighted by atomic mass is 16.6. The van der Waals surface area contributed by atoms with Crippen molar-refractivity contribution < 1.29 is 19.1 Å². The number of carbonyl (C=O) groups excluding carboxylic acids is 2. The van der Waals surface area contributed by atoms with Crippen molar-refractivity contribution in [3.05, 3.63) is 17.6 Å². The van der Waals surface area contributed by atoms with Crippen molar-refractivity contribution in [3.8, 4) is 0 Å². The molecular weight excluding hydrogens is 338 g/mol. The molecule has 144 valence electrons. The number of hydrogen-bond acceptors (Lipinski definition) is 7. The Morgan fingerprint density at radius 2 is 2.04 bits per heavy atom. The van der Waals surface area contributed by atoms with Crippen molar-refractivity contribution in [1.82, 2.24) is 20.2 Å². The van der Waals surface area contributed by atoms with Gasteiger partial charge in [0, 0.05) is 38.9 Å². The third-order valence-corrected chi connectivity index (χ3v) is 4.04. The number of nitrogens with zero attached hydrogens (tertiary/aromatic N) is 3. The average molecular weight is 365 g/mol. The van der Waals surface area contributed by atoms with Crippen molar-refractivity contribution in [3.63, 3.8) is 0 Å². The molecule has 1 aromatic heterocycles. The van der Waals surface area contributed by atoms with E-state index in [1.54, 1.807) is 31.9 Å². The lowest BCUT2D eigenvalue weighted by Gasteiger charge is -2.31. The van der Waals surface area contributed by atoms with Crippen molar-refractivity contribution in [1.29, 1.82) is 0 Å².